The van der Waals surface area contributed by atoms with Crippen LogP contribution in [0.2, 0.25) is 0 Å². The first-order valence-corrected chi connectivity index (χ1v) is 14.7. The number of hydrogen-bond donors (Lipinski definition) is 4. The second-order valence-corrected chi connectivity index (χ2v) is 12.4. The number of anilines is 3. The van der Waals surface area contributed by atoms with Gasteiger partial charge in [-0.25, -0.2) is 15.0 Å². The molecule has 0 radical (unpaired) electrons. The Bertz CT molecular complexity index is 1490. The highest BCUT2D eigenvalue weighted by Gasteiger charge is 2.35. The van der Waals surface area contributed by atoms with Crippen molar-refractivity contribution >= 4 is 34.9 Å². The van der Waals surface area contributed by atoms with Gasteiger partial charge in [-0.1, -0.05) is 38.6 Å². The molecule has 2 aliphatic rings. The first kappa shape index (κ1) is 30.2. The van der Waals surface area contributed by atoms with Gasteiger partial charge < -0.3 is 31.1 Å². The highest BCUT2D eigenvalue weighted by atomic mass is 16.5. The minimum Gasteiger partial charge on any atom is -0.382 e. The second kappa shape index (κ2) is 12.5. The summed E-state index contributed by atoms with van der Waals surface area (Å²) in [6.45, 7) is 16.2. The number of piperazine rings is 1. The maximum atomic E-state index is 13.0. The van der Waals surface area contributed by atoms with E-state index < -0.39 is 0 Å². The van der Waals surface area contributed by atoms with Gasteiger partial charge >= 0.3 is 0 Å². The molecular weight excluding hydrogens is 544 g/mol. The summed E-state index contributed by atoms with van der Waals surface area (Å²) in [5.41, 5.74) is 9.13. The third-order valence-corrected chi connectivity index (χ3v) is 7.99. The fourth-order valence-corrected chi connectivity index (χ4v) is 5.17. The van der Waals surface area contributed by atoms with Gasteiger partial charge in [-0.2, -0.15) is 0 Å². The Morgan fingerprint density at radius 3 is 2.60 bits per heavy atom. The standard InChI is InChI=1S/C31H42N10O2/c1-7-33-24-18-34-30(35-21-15-22(16-21)41-12-10-40(6)11-13-41)38-27(24)28(32)36-23-14-20(9-8-19(23)2)29(42)37-26-17-25(43-39-26)31(3,4)5/h7-9,14,17-18,21-22,33H,1,10-13,15-16H2,2-6H3,(H2,32,36)(H,34,35,38)(H,37,39,42). The Kier molecular flexibility index (Phi) is 8.79. The lowest BCUT2D eigenvalue weighted by Crippen LogP contribution is -2.55. The number of carbonyl (C=O) groups excluding carboxylic acids is 1. The molecule has 3 aromatic rings. The highest BCUT2D eigenvalue weighted by Crippen LogP contribution is 2.30. The van der Waals surface area contributed by atoms with Crippen LogP contribution in [0, 0.1) is 6.92 Å². The summed E-state index contributed by atoms with van der Waals surface area (Å²) in [6.07, 6.45) is 5.32. The number of nitrogens with one attached hydrogen (secondary N) is 3. The van der Waals surface area contributed by atoms with E-state index in [0.29, 0.717) is 52.2 Å². The number of amidine groups is 1. The van der Waals surface area contributed by atoms with Crippen molar-refractivity contribution in [2.45, 2.75) is 58.0 Å². The van der Waals surface area contributed by atoms with Crippen molar-refractivity contribution in [2.24, 2.45) is 10.7 Å². The molecule has 0 unspecified atom stereocenters. The van der Waals surface area contributed by atoms with Gasteiger partial charge in [0.15, 0.2) is 11.7 Å². The molecule has 0 bridgehead atoms. The molecule has 5 N–H and O–H groups in total. The van der Waals surface area contributed by atoms with E-state index in [2.05, 4.69) is 54.5 Å². The predicted octanol–water partition coefficient (Wildman–Crippen LogP) is 4.11. The van der Waals surface area contributed by atoms with Gasteiger partial charge in [0.25, 0.3) is 5.91 Å². The molecule has 228 valence electrons. The maximum Gasteiger partial charge on any atom is 0.256 e. The van der Waals surface area contributed by atoms with Crippen LogP contribution in [0.5, 0.6) is 0 Å². The number of carbonyl (C=O) groups is 1. The number of amides is 1. The maximum absolute atomic E-state index is 13.0. The molecule has 5 rings (SSSR count). The SMILES string of the molecule is C=CNc1cnc(NC2CC(N3CCN(C)CC3)C2)nc1C(N)=Nc1cc(C(=O)Nc2cc(C(C)(C)C)on2)ccc1C. The lowest BCUT2D eigenvalue weighted by Gasteiger charge is -2.46. The summed E-state index contributed by atoms with van der Waals surface area (Å²) in [5, 5.41) is 13.3. The fourth-order valence-electron chi connectivity index (χ4n) is 5.17. The van der Waals surface area contributed by atoms with E-state index in [9.17, 15) is 4.79 Å². The first-order valence-electron chi connectivity index (χ1n) is 14.7. The Morgan fingerprint density at radius 1 is 1.19 bits per heavy atom. The zero-order valence-electron chi connectivity index (χ0n) is 25.6. The van der Waals surface area contributed by atoms with E-state index in [1.165, 1.54) is 0 Å². The van der Waals surface area contributed by atoms with Crippen LogP contribution >= 0.6 is 0 Å². The van der Waals surface area contributed by atoms with Crippen LogP contribution in [0.3, 0.4) is 0 Å². The van der Waals surface area contributed by atoms with Crippen LogP contribution in [0.15, 0.2) is 52.8 Å². The number of aryl methyl sites for hydroxylation is 1. The molecule has 1 amide bonds. The molecular formula is C31H42N10O2. The number of benzene rings is 1. The topological polar surface area (TPSA) is 150 Å². The second-order valence-electron chi connectivity index (χ2n) is 12.4. The first-order chi connectivity index (χ1) is 20.5. The number of aromatic nitrogens is 3. The largest absolute Gasteiger partial charge is 0.382 e. The Balaban J connectivity index is 1.30. The molecule has 3 heterocycles. The zero-order valence-corrected chi connectivity index (χ0v) is 25.6. The average Bonchev–Trinajstić information content (AvgIpc) is 3.42. The quantitative estimate of drug-likeness (QED) is 0.213. The minimum absolute atomic E-state index is 0.186. The van der Waals surface area contributed by atoms with Gasteiger partial charge in [0, 0.05) is 55.3 Å². The molecule has 1 aliphatic heterocycles. The molecule has 2 fully saturated rings. The van der Waals surface area contributed by atoms with Gasteiger partial charge in [0.2, 0.25) is 5.95 Å². The molecule has 2 aromatic heterocycles. The molecule has 0 atom stereocenters. The number of nitrogens with two attached hydrogens (primary N) is 1. The van der Waals surface area contributed by atoms with Crippen molar-refractivity contribution in [3.8, 4) is 0 Å². The summed E-state index contributed by atoms with van der Waals surface area (Å²) >= 11 is 0. The molecule has 1 aromatic carbocycles. The third kappa shape index (κ3) is 7.20. The van der Waals surface area contributed by atoms with E-state index in [0.717, 1.165) is 44.6 Å². The summed E-state index contributed by atoms with van der Waals surface area (Å²) in [5.74, 6) is 1.38. The van der Waals surface area contributed by atoms with Gasteiger partial charge in [-0.3, -0.25) is 9.69 Å². The number of aliphatic imine (C=N–C) groups is 1. The zero-order chi connectivity index (χ0) is 30.7. The Labute approximate surface area is 252 Å². The normalized spacial score (nSPS) is 19.9. The molecule has 12 nitrogen and oxygen atoms in total. The lowest BCUT2D eigenvalue weighted by molar-refractivity contribution is 0.0656. The lowest BCUT2D eigenvalue weighted by atomic mass is 9.85. The average molecular weight is 587 g/mol. The van der Waals surface area contributed by atoms with Crippen molar-refractivity contribution in [3.63, 3.8) is 0 Å². The molecule has 1 aliphatic carbocycles. The smallest absolute Gasteiger partial charge is 0.256 e. The number of hydrogen-bond acceptors (Lipinski definition) is 10. The highest BCUT2D eigenvalue weighted by molar-refractivity contribution is 6.05. The molecule has 0 spiro atoms. The van der Waals surface area contributed by atoms with E-state index in [1.54, 1.807) is 30.6 Å². The molecule has 12 heteroatoms. The third-order valence-electron chi connectivity index (χ3n) is 7.99. The Hall–Kier alpha value is -4.29. The van der Waals surface area contributed by atoms with Crippen molar-refractivity contribution in [3.05, 3.63) is 65.8 Å². The van der Waals surface area contributed by atoms with Crippen LogP contribution in [-0.2, 0) is 5.41 Å². The van der Waals surface area contributed by atoms with E-state index in [-0.39, 0.29) is 17.2 Å². The van der Waals surface area contributed by atoms with Gasteiger partial charge in [-0.05, 0) is 50.7 Å². The van der Waals surface area contributed by atoms with Gasteiger partial charge in [-0.15, -0.1) is 0 Å². The van der Waals surface area contributed by atoms with Crippen LogP contribution in [0.1, 0.15) is 61.0 Å². The van der Waals surface area contributed by atoms with Gasteiger partial charge in [0.1, 0.15) is 11.5 Å². The van der Waals surface area contributed by atoms with E-state index in [1.807, 2.05) is 33.8 Å². The van der Waals surface area contributed by atoms with E-state index in [4.69, 9.17) is 15.2 Å². The predicted molar refractivity (Wildman–Crippen MR) is 170 cm³/mol. The number of rotatable bonds is 9. The summed E-state index contributed by atoms with van der Waals surface area (Å²) in [7, 11) is 2.18. The van der Waals surface area contributed by atoms with Crippen molar-refractivity contribution in [1.29, 1.82) is 0 Å². The minimum atomic E-state index is -0.332. The van der Waals surface area contributed by atoms with Crippen LogP contribution in [0.25, 0.3) is 0 Å². The van der Waals surface area contributed by atoms with Crippen molar-refractivity contribution in [2.75, 3.05) is 49.2 Å². The van der Waals surface area contributed by atoms with Gasteiger partial charge in [0.05, 0.1) is 17.6 Å². The van der Waals surface area contributed by atoms with Crippen molar-refractivity contribution < 1.29 is 9.32 Å². The monoisotopic (exact) mass is 586 g/mol. The fraction of sp³-hybridized carbons (Fsp3) is 0.452. The van der Waals surface area contributed by atoms with Crippen molar-refractivity contribution in [1.82, 2.24) is 24.9 Å². The molecule has 1 saturated carbocycles. The van der Waals surface area contributed by atoms with Crippen LogP contribution in [-0.4, -0.2) is 82.0 Å². The summed E-state index contributed by atoms with van der Waals surface area (Å²) < 4.78 is 5.39. The summed E-state index contributed by atoms with van der Waals surface area (Å²) in [4.78, 5) is 31.9. The number of nitrogens with zero attached hydrogens (tertiary/aromatic N) is 6. The van der Waals surface area contributed by atoms with Crippen LogP contribution in [0.4, 0.5) is 23.1 Å². The molecule has 43 heavy (non-hydrogen) atoms. The Morgan fingerprint density at radius 2 is 1.93 bits per heavy atom. The molecule has 1 saturated heterocycles. The van der Waals surface area contributed by atoms with E-state index >= 15 is 0 Å². The van der Waals surface area contributed by atoms with Crippen LogP contribution < -0.4 is 21.7 Å². The number of likely N-dealkylation sites (N-methyl/N-ethyl adjacent to an activating group) is 1. The summed E-state index contributed by atoms with van der Waals surface area (Å²) in [6, 6.07) is 7.88.